The Morgan fingerprint density at radius 2 is 1.87 bits per heavy atom. The van der Waals surface area contributed by atoms with Crippen LogP contribution in [0.3, 0.4) is 0 Å². The van der Waals surface area contributed by atoms with Crippen molar-refractivity contribution in [3.05, 3.63) is 10.4 Å². The SMILES string of the molecule is CC1(C)OC[C@H]([C@H]2O[C@@H]3OC(C)(C)O[C@@H]3[C@@]2(N=[N+]=[N-])C(=O)O)O1. The number of hydrogen-bond donors (Lipinski definition) is 1. The van der Waals surface area contributed by atoms with Crippen molar-refractivity contribution in [2.45, 2.75) is 69.4 Å². The third kappa shape index (κ3) is 2.47. The summed E-state index contributed by atoms with van der Waals surface area (Å²) >= 11 is 0. The largest absolute Gasteiger partial charge is 0.481 e. The molecule has 0 aliphatic carbocycles. The predicted molar refractivity (Wildman–Crippen MR) is 73.1 cm³/mol. The van der Waals surface area contributed by atoms with Crippen LogP contribution in [0.25, 0.3) is 10.4 Å². The fraction of sp³-hybridized carbons (Fsp3) is 0.923. The van der Waals surface area contributed by atoms with E-state index in [-0.39, 0.29) is 6.61 Å². The van der Waals surface area contributed by atoms with Crippen molar-refractivity contribution in [3.63, 3.8) is 0 Å². The number of aliphatic carboxylic acids is 1. The lowest BCUT2D eigenvalue weighted by molar-refractivity contribution is -0.230. The first kappa shape index (κ1) is 16.4. The average Bonchev–Trinajstić information content (AvgIpc) is 3.00. The lowest BCUT2D eigenvalue weighted by Crippen LogP contribution is -2.57. The van der Waals surface area contributed by atoms with Gasteiger partial charge in [-0.25, -0.2) is 0 Å². The van der Waals surface area contributed by atoms with Gasteiger partial charge in [0.1, 0.15) is 18.3 Å². The van der Waals surface area contributed by atoms with Crippen molar-refractivity contribution in [2.24, 2.45) is 5.11 Å². The van der Waals surface area contributed by atoms with E-state index >= 15 is 0 Å². The molecule has 5 atom stereocenters. The number of carboxylic acid groups (broad SMARTS) is 1. The molecule has 0 bridgehead atoms. The number of carbonyl (C=O) groups is 1. The van der Waals surface area contributed by atoms with Gasteiger partial charge in [-0.15, -0.1) is 0 Å². The van der Waals surface area contributed by atoms with Crippen LogP contribution >= 0.6 is 0 Å². The monoisotopic (exact) mass is 329 g/mol. The third-order valence-corrected chi connectivity index (χ3v) is 4.13. The van der Waals surface area contributed by atoms with E-state index in [4.69, 9.17) is 29.2 Å². The topological polar surface area (TPSA) is 132 Å². The van der Waals surface area contributed by atoms with Gasteiger partial charge >= 0.3 is 5.97 Å². The fourth-order valence-corrected chi connectivity index (χ4v) is 3.25. The van der Waals surface area contributed by atoms with Crippen LogP contribution in [0.4, 0.5) is 0 Å². The molecule has 3 rings (SSSR count). The van der Waals surface area contributed by atoms with Gasteiger partial charge in [0, 0.05) is 4.91 Å². The maximum Gasteiger partial charge on any atom is 0.321 e. The molecule has 3 aliphatic heterocycles. The highest BCUT2D eigenvalue weighted by atomic mass is 16.8. The summed E-state index contributed by atoms with van der Waals surface area (Å²) in [5.41, 5.74) is 6.93. The first-order valence-electron chi connectivity index (χ1n) is 7.24. The summed E-state index contributed by atoms with van der Waals surface area (Å²) < 4.78 is 28.1. The fourth-order valence-electron chi connectivity index (χ4n) is 3.25. The molecular weight excluding hydrogens is 310 g/mol. The Balaban J connectivity index is 2.00. The zero-order valence-electron chi connectivity index (χ0n) is 13.3. The number of azide groups is 1. The predicted octanol–water partition coefficient (Wildman–Crippen LogP) is 1.15. The van der Waals surface area contributed by atoms with Gasteiger partial charge in [-0.05, 0) is 33.2 Å². The number of nitrogens with zero attached hydrogens (tertiary/aromatic N) is 3. The number of fused-ring (bicyclic) bond motifs is 1. The van der Waals surface area contributed by atoms with Crippen LogP contribution in [-0.2, 0) is 28.5 Å². The maximum absolute atomic E-state index is 12.0. The van der Waals surface area contributed by atoms with E-state index in [0.29, 0.717) is 0 Å². The normalized spacial score (nSPS) is 43.8. The molecule has 23 heavy (non-hydrogen) atoms. The molecule has 0 amide bonds. The zero-order chi connectivity index (χ0) is 17.0. The zero-order valence-corrected chi connectivity index (χ0v) is 13.3. The molecule has 1 N–H and O–H groups in total. The van der Waals surface area contributed by atoms with Crippen LogP contribution in [0.5, 0.6) is 0 Å². The van der Waals surface area contributed by atoms with Crippen molar-refractivity contribution < 1.29 is 33.6 Å². The van der Waals surface area contributed by atoms with Crippen LogP contribution in [0.2, 0.25) is 0 Å². The van der Waals surface area contributed by atoms with E-state index in [2.05, 4.69) is 10.0 Å². The van der Waals surface area contributed by atoms with E-state index in [9.17, 15) is 9.90 Å². The number of hydrogen-bond acceptors (Lipinski definition) is 7. The first-order valence-corrected chi connectivity index (χ1v) is 7.24. The maximum atomic E-state index is 12.0. The Morgan fingerprint density at radius 3 is 2.39 bits per heavy atom. The van der Waals surface area contributed by atoms with Gasteiger partial charge in [-0.1, -0.05) is 5.11 Å². The Hall–Kier alpha value is -1.42. The lowest BCUT2D eigenvalue weighted by atomic mass is 9.86. The highest BCUT2D eigenvalue weighted by Gasteiger charge is 2.70. The molecule has 0 aromatic heterocycles. The van der Waals surface area contributed by atoms with E-state index < -0.39 is 47.7 Å². The minimum atomic E-state index is -2.00. The second kappa shape index (κ2) is 5.04. The van der Waals surface area contributed by atoms with E-state index in [0.717, 1.165) is 0 Å². The minimum Gasteiger partial charge on any atom is -0.481 e. The van der Waals surface area contributed by atoms with Gasteiger partial charge < -0.3 is 28.8 Å². The van der Waals surface area contributed by atoms with Crippen molar-refractivity contribution in [3.8, 4) is 0 Å². The van der Waals surface area contributed by atoms with Crippen LogP contribution in [0.15, 0.2) is 5.11 Å². The number of rotatable bonds is 3. The molecule has 3 fully saturated rings. The van der Waals surface area contributed by atoms with Crippen molar-refractivity contribution in [1.29, 1.82) is 0 Å². The second-order valence-corrected chi connectivity index (χ2v) is 6.67. The van der Waals surface area contributed by atoms with Crippen LogP contribution in [-0.4, -0.2) is 59.4 Å². The molecule has 0 radical (unpaired) electrons. The van der Waals surface area contributed by atoms with Gasteiger partial charge in [0.2, 0.25) is 5.54 Å². The molecule has 10 nitrogen and oxygen atoms in total. The van der Waals surface area contributed by atoms with Crippen molar-refractivity contribution in [2.75, 3.05) is 6.61 Å². The van der Waals surface area contributed by atoms with Gasteiger partial charge in [-0.3, -0.25) is 4.79 Å². The summed E-state index contributed by atoms with van der Waals surface area (Å²) in [7, 11) is 0. The van der Waals surface area contributed by atoms with Gasteiger partial charge in [-0.2, -0.15) is 0 Å². The average molecular weight is 329 g/mol. The molecule has 3 aliphatic rings. The molecule has 0 saturated carbocycles. The molecular formula is C13H19N3O7. The quantitative estimate of drug-likeness (QED) is 0.466. The Bertz CT molecular complexity index is 570. The standard InChI is InChI=1S/C13H19N3O7/c1-11(2)19-5-6(21-11)7-13(10(17)18,15-16-14)8-9(20-7)23-12(3,4)22-8/h6-9H,5H2,1-4H3,(H,17,18)/t6-,7-,8+,9-,13-/m1/s1. The molecule has 10 heteroatoms. The van der Waals surface area contributed by atoms with Crippen molar-refractivity contribution in [1.82, 2.24) is 0 Å². The third-order valence-electron chi connectivity index (χ3n) is 4.13. The number of ether oxygens (including phenoxy) is 5. The molecule has 3 heterocycles. The molecule has 0 unspecified atom stereocenters. The highest BCUT2D eigenvalue weighted by molar-refractivity contribution is 5.82. The minimum absolute atomic E-state index is 0.108. The summed E-state index contributed by atoms with van der Waals surface area (Å²) in [6.45, 7) is 6.77. The molecule has 128 valence electrons. The summed E-state index contributed by atoms with van der Waals surface area (Å²) in [6, 6.07) is 0. The Morgan fingerprint density at radius 1 is 1.17 bits per heavy atom. The summed E-state index contributed by atoms with van der Waals surface area (Å²) in [6.07, 6.45) is -3.87. The van der Waals surface area contributed by atoms with Crippen LogP contribution < -0.4 is 0 Å². The van der Waals surface area contributed by atoms with Crippen LogP contribution in [0.1, 0.15) is 27.7 Å². The van der Waals surface area contributed by atoms with Crippen LogP contribution in [0, 0.1) is 0 Å². The smallest absolute Gasteiger partial charge is 0.321 e. The molecule has 0 spiro atoms. The van der Waals surface area contributed by atoms with Gasteiger partial charge in [0.15, 0.2) is 17.9 Å². The Labute approximate surface area is 132 Å². The molecule has 0 aromatic rings. The second-order valence-electron chi connectivity index (χ2n) is 6.67. The van der Waals surface area contributed by atoms with Gasteiger partial charge in [0.05, 0.1) is 6.61 Å². The number of carboxylic acids is 1. The van der Waals surface area contributed by atoms with E-state index in [1.807, 2.05) is 0 Å². The Kier molecular flexibility index (Phi) is 3.60. The van der Waals surface area contributed by atoms with Gasteiger partial charge in [0.25, 0.3) is 0 Å². The molecule has 3 saturated heterocycles. The summed E-state index contributed by atoms with van der Waals surface area (Å²) in [4.78, 5) is 14.7. The first-order chi connectivity index (χ1) is 10.6. The highest BCUT2D eigenvalue weighted by Crippen LogP contribution is 2.48. The molecule has 0 aromatic carbocycles. The lowest BCUT2D eigenvalue weighted by Gasteiger charge is -2.33. The van der Waals surface area contributed by atoms with E-state index in [1.165, 1.54) is 0 Å². The van der Waals surface area contributed by atoms with Crippen molar-refractivity contribution >= 4 is 5.97 Å². The summed E-state index contributed by atoms with van der Waals surface area (Å²) in [5.74, 6) is -3.28. The summed E-state index contributed by atoms with van der Waals surface area (Å²) in [5, 5.41) is 13.3. The van der Waals surface area contributed by atoms with E-state index in [1.54, 1.807) is 27.7 Å².